The highest BCUT2D eigenvalue weighted by Gasteiger charge is 2.26. The van der Waals surface area contributed by atoms with Crippen LogP contribution in [0.2, 0.25) is 5.02 Å². The summed E-state index contributed by atoms with van der Waals surface area (Å²) in [5, 5.41) is -0.138. The van der Waals surface area contributed by atoms with E-state index in [0.29, 0.717) is 0 Å². The molecule has 2 rings (SSSR count). The predicted octanol–water partition coefficient (Wildman–Crippen LogP) is 4.99. The molecule has 0 unspecified atom stereocenters. The Kier molecular flexibility index (Phi) is 7.49. The molecule has 0 amide bonds. The molecule has 0 spiro atoms. The number of carbonyl (C=O) groups excluding carboxylic acids is 2. The summed E-state index contributed by atoms with van der Waals surface area (Å²) in [6.45, 7) is -1.19. The van der Waals surface area contributed by atoms with Crippen LogP contribution in [-0.2, 0) is 20.9 Å². The number of halogens is 7. The Morgan fingerprint density at radius 3 is 1.97 bits per heavy atom. The summed E-state index contributed by atoms with van der Waals surface area (Å²) < 4.78 is 88.7. The first-order valence-electron chi connectivity index (χ1n) is 7.94. The Hall–Kier alpha value is -2.75. The molecule has 0 heterocycles. The maximum atomic E-state index is 13.5. The van der Waals surface area contributed by atoms with Crippen LogP contribution in [-0.4, -0.2) is 11.9 Å². The first-order valence-corrected chi connectivity index (χ1v) is 8.31. The molecule has 156 valence electrons. The summed E-state index contributed by atoms with van der Waals surface area (Å²) >= 11 is 5.69. The van der Waals surface area contributed by atoms with Crippen LogP contribution in [0.5, 0.6) is 5.75 Å². The third-order valence-electron chi connectivity index (χ3n) is 3.57. The van der Waals surface area contributed by atoms with Crippen molar-refractivity contribution in [2.24, 2.45) is 0 Å². The van der Waals surface area contributed by atoms with Crippen LogP contribution < -0.4 is 4.74 Å². The van der Waals surface area contributed by atoms with Gasteiger partial charge in [0.1, 0.15) is 6.61 Å². The quantitative estimate of drug-likeness (QED) is 0.200. The molecule has 0 aliphatic heterocycles. The largest absolute Gasteiger partial charge is 0.461 e. The fourth-order valence-electron chi connectivity index (χ4n) is 2.12. The summed E-state index contributed by atoms with van der Waals surface area (Å²) in [6, 6.07) is 3.62. The number of ether oxygens (including phenoxy) is 2. The molecule has 0 atom stereocenters. The lowest BCUT2D eigenvalue weighted by Crippen LogP contribution is -2.13. The van der Waals surface area contributed by atoms with Gasteiger partial charge in [-0.05, 0) is 18.6 Å². The summed E-state index contributed by atoms with van der Waals surface area (Å²) in [5.74, 6) is -14.2. The van der Waals surface area contributed by atoms with Gasteiger partial charge in [-0.1, -0.05) is 17.7 Å². The molecule has 0 saturated heterocycles. The highest BCUT2D eigenvalue weighted by molar-refractivity contribution is 6.32. The van der Waals surface area contributed by atoms with E-state index in [0.717, 1.165) is 6.07 Å². The Balaban J connectivity index is 1.85. The van der Waals surface area contributed by atoms with E-state index in [1.165, 1.54) is 12.1 Å². The van der Waals surface area contributed by atoms with Crippen molar-refractivity contribution >= 4 is 23.5 Å². The van der Waals surface area contributed by atoms with Crippen LogP contribution >= 0.6 is 11.6 Å². The molecule has 0 aromatic heterocycles. The minimum absolute atomic E-state index is 0.138. The Morgan fingerprint density at radius 1 is 0.828 bits per heavy atom. The van der Waals surface area contributed by atoms with Gasteiger partial charge in [-0.25, -0.2) is 26.3 Å². The minimum atomic E-state index is -2.33. The maximum Gasteiger partial charge on any atom is 0.311 e. The normalized spacial score (nSPS) is 10.7. The van der Waals surface area contributed by atoms with Crippen LogP contribution in [0.15, 0.2) is 18.2 Å². The Bertz CT molecular complexity index is 901. The SMILES string of the molecule is O=C(CCCC(=O)Oc1c(F)cccc1Cl)OCc1c(F)c(F)c(F)c(F)c1F. The fraction of sp³-hybridized carbons (Fsp3) is 0.222. The first kappa shape index (κ1) is 22.5. The molecule has 0 aliphatic rings. The molecule has 29 heavy (non-hydrogen) atoms. The van der Waals surface area contributed by atoms with E-state index in [1.807, 2.05) is 0 Å². The number of esters is 2. The summed E-state index contributed by atoms with van der Waals surface area (Å²) in [6.07, 6.45) is -0.946. The van der Waals surface area contributed by atoms with E-state index in [1.54, 1.807) is 0 Å². The second kappa shape index (κ2) is 9.64. The van der Waals surface area contributed by atoms with E-state index in [2.05, 4.69) is 4.74 Å². The molecule has 0 fully saturated rings. The van der Waals surface area contributed by atoms with Crippen molar-refractivity contribution in [2.45, 2.75) is 25.9 Å². The topological polar surface area (TPSA) is 52.6 Å². The first-order chi connectivity index (χ1) is 13.6. The average Bonchev–Trinajstić information content (AvgIpc) is 2.68. The number of hydrogen-bond donors (Lipinski definition) is 0. The molecule has 11 heteroatoms. The Morgan fingerprint density at radius 2 is 1.38 bits per heavy atom. The van der Waals surface area contributed by atoms with Crippen molar-refractivity contribution in [3.8, 4) is 5.75 Å². The van der Waals surface area contributed by atoms with Crippen molar-refractivity contribution in [2.75, 3.05) is 0 Å². The van der Waals surface area contributed by atoms with E-state index in [9.17, 15) is 35.9 Å². The van der Waals surface area contributed by atoms with Gasteiger partial charge in [0.25, 0.3) is 0 Å². The average molecular weight is 441 g/mol. The molecular weight excluding hydrogens is 430 g/mol. The molecule has 4 nitrogen and oxygen atoms in total. The van der Waals surface area contributed by atoms with Gasteiger partial charge in [0.2, 0.25) is 5.82 Å². The fourth-order valence-corrected chi connectivity index (χ4v) is 2.33. The lowest BCUT2D eigenvalue weighted by molar-refractivity contribution is -0.145. The van der Waals surface area contributed by atoms with Crippen LogP contribution in [0, 0.1) is 34.9 Å². The number of carbonyl (C=O) groups is 2. The van der Waals surface area contributed by atoms with Crippen LogP contribution in [0.3, 0.4) is 0 Å². The van der Waals surface area contributed by atoms with Crippen molar-refractivity contribution in [1.82, 2.24) is 0 Å². The molecule has 0 aliphatic carbocycles. The van der Waals surface area contributed by atoms with Crippen LogP contribution in [0.25, 0.3) is 0 Å². The van der Waals surface area contributed by atoms with Crippen molar-refractivity contribution in [3.63, 3.8) is 0 Å². The molecule has 0 radical (unpaired) electrons. The third kappa shape index (κ3) is 5.41. The zero-order valence-electron chi connectivity index (χ0n) is 14.3. The predicted molar refractivity (Wildman–Crippen MR) is 86.9 cm³/mol. The van der Waals surface area contributed by atoms with Gasteiger partial charge in [0.05, 0.1) is 10.6 Å². The molecule has 0 saturated carbocycles. The van der Waals surface area contributed by atoms with E-state index >= 15 is 0 Å². The van der Waals surface area contributed by atoms with Gasteiger partial charge >= 0.3 is 11.9 Å². The minimum Gasteiger partial charge on any atom is -0.461 e. The number of para-hydroxylation sites is 1. The van der Waals surface area contributed by atoms with Gasteiger partial charge in [-0.2, -0.15) is 0 Å². The van der Waals surface area contributed by atoms with Crippen molar-refractivity contribution in [3.05, 3.63) is 63.7 Å². The third-order valence-corrected chi connectivity index (χ3v) is 3.87. The second-order valence-corrected chi connectivity index (χ2v) is 5.99. The monoisotopic (exact) mass is 440 g/mol. The standard InChI is InChI=1S/C18H11ClF6O4/c19-9-3-1-4-10(20)18(9)29-12(27)6-2-5-11(26)28-7-8-13(21)15(23)17(25)16(24)14(8)22/h1,3-4H,2,5-7H2. The highest BCUT2D eigenvalue weighted by Crippen LogP contribution is 2.28. The molecule has 2 aromatic carbocycles. The van der Waals surface area contributed by atoms with Crippen LogP contribution in [0.1, 0.15) is 24.8 Å². The lowest BCUT2D eigenvalue weighted by Gasteiger charge is -2.09. The molecule has 2 aromatic rings. The molecular formula is C18H11ClF6O4. The number of rotatable bonds is 7. The lowest BCUT2D eigenvalue weighted by atomic mass is 10.2. The van der Waals surface area contributed by atoms with Gasteiger partial charge in [0.15, 0.2) is 34.8 Å². The second-order valence-electron chi connectivity index (χ2n) is 5.59. The summed E-state index contributed by atoms with van der Waals surface area (Å²) in [4.78, 5) is 23.2. The van der Waals surface area contributed by atoms with Gasteiger partial charge in [-0.3, -0.25) is 9.59 Å². The van der Waals surface area contributed by atoms with Crippen molar-refractivity contribution in [1.29, 1.82) is 0 Å². The van der Waals surface area contributed by atoms with Crippen molar-refractivity contribution < 1.29 is 45.4 Å². The molecule has 0 N–H and O–H groups in total. The van der Waals surface area contributed by atoms with Crippen LogP contribution in [0.4, 0.5) is 26.3 Å². The Labute approximate surface area is 165 Å². The smallest absolute Gasteiger partial charge is 0.311 e. The maximum absolute atomic E-state index is 13.5. The zero-order valence-corrected chi connectivity index (χ0v) is 15.1. The van der Waals surface area contributed by atoms with Gasteiger partial charge < -0.3 is 9.47 Å². The van der Waals surface area contributed by atoms with Gasteiger partial charge in [-0.15, -0.1) is 0 Å². The zero-order chi connectivity index (χ0) is 21.7. The molecule has 0 bridgehead atoms. The van der Waals surface area contributed by atoms with E-state index in [-0.39, 0.29) is 17.9 Å². The summed E-state index contributed by atoms with van der Waals surface area (Å²) in [5.41, 5.74) is -1.30. The number of benzene rings is 2. The number of hydrogen-bond acceptors (Lipinski definition) is 4. The van der Waals surface area contributed by atoms with E-state index < -0.39 is 71.2 Å². The van der Waals surface area contributed by atoms with Gasteiger partial charge in [0, 0.05) is 12.8 Å². The van der Waals surface area contributed by atoms with E-state index in [4.69, 9.17) is 16.3 Å². The highest BCUT2D eigenvalue weighted by atomic mass is 35.5. The summed E-state index contributed by atoms with van der Waals surface area (Å²) in [7, 11) is 0.